The topological polar surface area (TPSA) is 67.4 Å². The third-order valence-electron chi connectivity index (χ3n) is 5.11. The summed E-state index contributed by atoms with van der Waals surface area (Å²) >= 11 is 3.50. The Kier molecular flexibility index (Phi) is 7.23. The number of ether oxygens (including phenoxy) is 1. The van der Waals surface area contributed by atoms with E-state index in [0.29, 0.717) is 30.0 Å². The van der Waals surface area contributed by atoms with Gasteiger partial charge in [-0.2, -0.15) is 0 Å². The fourth-order valence-corrected chi connectivity index (χ4v) is 3.95. The van der Waals surface area contributed by atoms with Crippen molar-refractivity contribution in [2.24, 2.45) is 0 Å². The first-order chi connectivity index (χ1) is 13.6. The number of nitrogens with one attached hydrogen (secondary N) is 2. The van der Waals surface area contributed by atoms with E-state index in [0.717, 1.165) is 36.0 Å². The Balaban J connectivity index is 1.61. The van der Waals surface area contributed by atoms with Crippen molar-refractivity contribution in [1.29, 1.82) is 0 Å². The van der Waals surface area contributed by atoms with Crippen LogP contribution in [0.25, 0.3) is 0 Å². The van der Waals surface area contributed by atoms with Gasteiger partial charge in [0.05, 0.1) is 12.8 Å². The van der Waals surface area contributed by atoms with E-state index in [1.807, 2.05) is 30.3 Å². The molecule has 1 saturated heterocycles. The lowest BCUT2D eigenvalue weighted by Crippen LogP contribution is -2.26. The van der Waals surface area contributed by atoms with Gasteiger partial charge in [-0.05, 0) is 89.6 Å². The zero-order chi connectivity index (χ0) is 19.9. The minimum absolute atomic E-state index is 0.139. The average molecular weight is 445 g/mol. The van der Waals surface area contributed by atoms with Crippen molar-refractivity contribution in [2.45, 2.75) is 31.6 Å². The molecule has 2 aromatic carbocycles. The van der Waals surface area contributed by atoms with Crippen LogP contribution in [0, 0.1) is 0 Å². The molecule has 5 nitrogen and oxygen atoms in total. The molecule has 1 heterocycles. The molecule has 0 radical (unpaired) electrons. The number of esters is 1. The van der Waals surface area contributed by atoms with Crippen molar-refractivity contribution in [3.05, 3.63) is 63.6 Å². The maximum Gasteiger partial charge on any atom is 0.305 e. The molecule has 0 atom stereocenters. The third kappa shape index (κ3) is 5.42. The molecule has 3 rings (SSSR count). The van der Waals surface area contributed by atoms with Crippen LogP contribution < -0.4 is 10.6 Å². The maximum absolute atomic E-state index is 12.6. The zero-order valence-corrected chi connectivity index (χ0v) is 17.6. The van der Waals surface area contributed by atoms with Crippen LogP contribution in [0.15, 0.2) is 46.9 Å². The highest BCUT2D eigenvalue weighted by atomic mass is 79.9. The number of benzene rings is 2. The Hall–Kier alpha value is -2.18. The SMILES string of the molecule is COC(=O)CCc1ccc(NC(=O)c2ccc(C3CCNCC3)cc2)c(Br)c1. The summed E-state index contributed by atoms with van der Waals surface area (Å²) in [5.74, 6) is 0.200. The van der Waals surface area contributed by atoms with E-state index in [4.69, 9.17) is 0 Å². The van der Waals surface area contributed by atoms with Crippen LogP contribution in [0.2, 0.25) is 0 Å². The van der Waals surface area contributed by atoms with Crippen LogP contribution in [-0.4, -0.2) is 32.1 Å². The lowest BCUT2D eigenvalue weighted by molar-refractivity contribution is -0.140. The van der Waals surface area contributed by atoms with Crippen molar-refractivity contribution >= 4 is 33.5 Å². The van der Waals surface area contributed by atoms with Crippen molar-refractivity contribution in [3.8, 4) is 0 Å². The Morgan fingerprint density at radius 3 is 2.50 bits per heavy atom. The number of aryl methyl sites for hydroxylation is 1. The number of amides is 1. The van der Waals surface area contributed by atoms with Gasteiger partial charge >= 0.3 is 5.97 Å². The Labute approximate surface area is 174 Å². The summed E-state index contributed by atoms with van der Waals surface area (Å²) in [6.07, 6.45) is 3.21. The maximum atomic E-state index is 12.6. The summed E-state index contributed by atoms with van der Waals surface area (Å²) in [5.41, 5.74) is 3.64. The fourth-order valence-electron chi connectivity index (χ4n) is 3.42. The van der Waals surface area contributed by atoms with Gasteiger partial charge in [0.25, 0.3) is 5.91 Å². The van der Waals surface area contributed by atoms with Crippen LogP contribution in [0.3, 0.4) is 0 Å². The Morgan fingerprint density at radius 2 is 1.86 bits per heavy atom. The standard InChI is InChI=1S/C22H25BrN2O3/c1-28-21(26)9-3-15-2-8-20(19(23)14-15)25-22(27)18-6-4-16(5-7-18)17-10-12-24-13-11-17/h2,4-8,14,17,24H,3,9-13H2,1H3,(H,25,27). The van der Waals surface area contributed by atoms with Crippen molar-refractivity contribution in [1.82, 2.24) is 5.32 Å². The molecule has 0 spiro atoms. The second-order valence-corrected chi connectivity index (χ2v) is 7.85. The van der Waals surface area contributed by atoms with E-state index < -0.39 is 0 Å². The van der Waals surface area contributed by atoms with Gasteiger partial charge in [-0.15, -0.1) is 0 Å². The van der Waals surface area contributed by atoms with E-state index in [9.17, 15) is 9.59 Å². The fraction of sp³-hybridized carbons (Fsp3) is 0.364. The summed E-state index contributed by atoms with van der Waals surface area (Å²) in [7, 11) is 1.38. The second-order valence-electron chi connectivity index (χ2n) is 6.99. The number of piperidine rings is 1. The monoisotopic (exact) mass is 444 g/mol. The number of carbonyl (C=O) groups excluding carboxylic acids is 2. The molecule has 0 saturated carbocycles. The molecule has 0 aliphatic carbocycles. The molecule has 1 amide bonds. The van der Waals surface area contributed by atoms with Gasteiger partial charge in [0, 0.05) is 16.5 Å². The molecule has 28 heavy (non-hydrogen) atoms. The lowest BCUT2D eigenvalue weighted by Gasteiger charge is -2.23. The van der Waals surface area contributed by atoms with Gasteiger partial charge in [-0.3, -0.25) is 9.59 Å². The number of hydrogen-bond donors (Lipinski definition) is 2. The van der Waals surface area contributed by atoms with E-state index in [2.05, 4.69) is 43.4 Å². The van der Waals surface area contributed by atoms with Crippen molar-refractivity contribution in [3.63, 3.8) is 0 Å². The Morgan fingerprint density at radius 1 is 1.14 bits per heavy atom. The highest BCUT2D eigenvalue weighted by Gasteiger charge is 2.16. The van der Waals surface area contributed by atoms with Crippen LogP contribution in [0.5, 0.6) is 0 Å². The number of hydrogen-bond acceptors (Lipinski definition) is 4. The molecule has 1 aliphatic heterocycles. The molecule has 0 bridgehead atoms. The van der Waals surface area contributed by atoms with Gasteiger partial charge in [-0.1, -0.05) is 18.2 Å². The van der Waals surface area contributed by atoms with E-state index >= 15 is 0 Å². The predicted molar refractivity (Wildman–Crippen MR) is 114 cm³/mol. The summed E-state index contributed by atoms with van der Waals surface area (Å²) in [5, 5.41) is 6.32. The predicted octanol–water partition coefficient (Wildman–Crippen LogP) is 4.27. The summed E-state index contributed by atoms with van der Waals surface area (Å²) in [4.78, 5) is 23.9. The highest BCUT2D eigenvalue weighted by molar-refractivity contribution is 9.10. The van der Waals surface area contributed by atoms with E-state index in [1.54, 1.807) is 0 Å². The van der Waals surface area contributed by atoms with Crippen LogP contribution in [0.4, 0.5) is 5.69 Å². The quantitative estimate of drug-likeness (QED) is 0.652. The lowest BCUT2D eigenvalue weighted by atomic mass is 9.90. The average Bonchev–Trinajstić information content (AvgIpc) is 2.74. The van der Waals surface area contributed by atoms with Crippen molar-refractivity contribution in [2.75, 3.05) is 25.5 Å². The van der Waals surface area contributed by atoms with Gasteiger partial charge in [0.1, 0.15) is 0 Å². The third-order valence-corrected chi connectivity index (χ3v) is 5.77. The van der Waals surface area contributed by atoms with Crippen molar-refractivity contribution < 1.29 is 14.3 Å². The molecule has 148 valence electrons. The smallest absolute Gasteiger partial charge is 0.305 e. The number of methoxy groups -OCH3 is 1. The largest absolute Gasteiger partial charge is 0.469 e. The van der Waals surface area contributed by atoms with E-state index in [1.165, 1.54) is 12.7 Å². The number of anilines is 1. The first-order valence-electron chi connectivity index (χ1n) is 9.54. The zero-order valence-electron chi connectivity index (χ0n) is 16.0. The minimum Gasteiger partial charge on any atom is -0.469 e. The minimum atomic E-state index is -0.235. The summed E-state index contributed by atoms with van der Waals surface area (Å²) in [6, 6.07) is 13.6. The van der Waals surface area contributed by atoms with E-state index in [-0.39, 0.29) is 11.9 Å². The summed E-state index contributed by atoms with van der Waals surface area (Å²) < 4.78 is 5.45. The molecule has 1 fully saturated rings. The molecule has 0 aromatic heterocycles. The summed E-state index contributed by atoms with van der Waals surface area (Å²) in [6.45, 7) is 2.10. The molecular formula is C22H25BrN2O3. The molecule has 2 aromatic rings. The molecule has 0 unspecified atom stereocenters. The Bertz CT molecular complexity index is 830. The van der Waals surface area contributed by atoms with Crippen LogP contribution >= 0.6 is 15.9 Å². The number of rotatable bonds is 6. The first kappa shape index (κ1) is 20.6. The second kappa shape index (κ2) is 9.85. The normalized spacial score (nSPS) is 14.5. The molecule has 6 heteroatoms. The molecular weight excluding hydrogens is 420 g/mol. The van der Waals surface area contributed by atoms with Gasteiger partial charge < -0.3 is 15.4 Å². The van der Waals surface area contributed by atoms with Crippen LogP contribution in [-0.2, 0) is 16.0 Å². The van der Waals surface area contributed by atoms with Crippen LogP contribution in [0.1, 0.15) is 46.7 Å². The number of halogens is 1. The first-order valence-corrected chi connectivity index (χ1v) is 10.3. The van der Waals surface area contributed by atoms with Gasteiger partial charge in [0.2, 0.25) is 0 Å². The van der Waals surface area contributed by atoms with Gasteiger partial charge in [-0.25, -0.2) is 0 Å². The molecule has 2 N–H and O–H groups in total. The van der Waals surface area contributed by atoms with Gasteiger partial charge in [0.15, 0.2) is 0 Å². The molecule has 1 aliphatic rings. The highest BCUT2D eigenvalue weighted by Crippen LogP contribution is 2.27. The number of carbonyl (C=O) groups is 2.